The van der Waals surface area contributed by atoms with Crippen LogP contribution in [0.15, 0.2) is 183 Å². The number of aromatic nitrogens is 5. The Balaban J connectivity index is 0.000000765. The van der Waals surface area contributed by atoms with Crippen LogP contribution in [-0.4, -0.2) is 23.7 Å². The average molecular weight is 904 g/mol. The van der Waals surface area contributed by atoms with E-state index in [0.717, 1.165) is 31.5 Å². The summed E-state index contributed by atoms with van der Waals surface area (Å²) in [5.74, 6) is 0.965. The number of hydrogen-bond acceptors (Lipinski definition) is 1. The van der Waals surface area contributed by atoms with Crippen LogP contribution in [0.1, 0.15) is 36.1 Å². The van der Waals surface area contributed by atoms with E-state index >= 15 is 0 Å². The zero-order chi connectivity index (χ0) is 47.4. The summed E-state index contributed by atoms with van der Waals surface area (Å²) >= 11 is 0. The minimum atomic E-state index is 0.965. The van der Waals surface area contributed by atoms with Crippen molar-refractivity contribution in [2.45, 2.75) is 39.5 Å². The Morgan fingerprint density at radius 1 is 0.457 bits per heavy atom. The molecular formula is C65H53N5. The quantitative estimate of drug-likeness (QED) is 0.176. The second-order valence-corrected chi connectivity index (χ2v) is 18.8. The Morgan fingerprint density at radius 2 is 0.943 bits per heavy atom. The number of nitrogens with one attached hydrogen (secondary N) is 1. The number of nitrogens with zero attached hydrogens (tertiary/aromatic N) is 4. The smallest absolute Gasteiger partial charge is 0.137 e. The van der Waals surface area contributed by atoms with Crippen LogP contribution >= 0.6 is 0 Å². The second-order valence-electron chi connectivity index (χ2n) is 18.8. The number of allylic oxidation sites excluding steroid dienone is 2. The van der Waals surface area contributed by atoms with Crippen molar-refractivity contribution in [1.82, 2.24) is 23.7 Å². The highest BCUT2D eigenvalue weighted by Crippen LogP contribution is 2.51. The first kappa shape index (κ1) is 41.8. The lowest BCUT2D eigenvalue weighted by Crippen LogP contribution is -2.15. The van der Waals surface area contributed by atoms with Gasteiger partial charge in [-0.25, -0.2) is 4.98 Å². The van der Waals surface area contributed by atoms with E-state index in [1.807, 2.05) is 26.1 Å². The topological polar surface area (TPSA) is 43.5 Å². The number of fused-ring (bicyclic) bond motifs is 14. The van der Waals surface area contributed by atoms with E-state index in [9.17, 15) is 0 Å². The van der Waals surface area contributed by atoms with Crippen molar-refractivity contribution in [1.29, 1.82) is 0 Å². The Morgan fingerprint density at radius 3 is 1.53 bits per heavy atom. The van der Waals surface area contributed by atoms with Crippen LogP contribution in [0, 0.1) is 0 Å². The molecule has 5 nitrogen and oxygen atoms in total. The van der Waals surface area contributed by atoms with Gasteiger partial charge >= 0.3 is 0 Å². The molecule has 70 heavy (non-hydrogen) atoms. The molecule has 1 N–H and O–H groups in total. The molecule has 15 rings (SSSR count). The van der Waals surface area contributed by atoms with E-state index in [2.05, 4.69) is 192 Å². The van der Waals surface area contributed by atoms with Crippen molar-refractivity contribution in [3.8, 4) is 39.2 Å². The van der Waals surface area contributed by atoms with Crippen molar-refractivity contribution < 1.29 is 0 Å². The largest absolute Gasteiger partial charge is 0.354 e. The van der Waals surface area contributed by atoms with Crippen LogP contribution < -0.4 is 0 Å². The lowest BCUT2D eigenvalue weighted by molar-refractivity contribution is 0.884. The van der Waals surface area contributed by atoms with Crippen LogP contribution in [0.5, 0.6) is 0 Å². The van der Waals surface area contributed by atoms with E-state index in [-0.39, 0.29) is 0 Å². The number of hydrogen-bond donors (Lipinski definition) is 1. The first-order chi connectivity index (χ1) is 34.5. The molecular weight excluding hydrogens is 851 g/mol. The third kappa shape index (κ3) is 6.00. The molecule has 2 aliphatic rings. The predicted molar refractivity (Wildman–Crippen MR) is 299 cm³/mol. The maximum atomic E-state index is 4.99. The zero-order valence-corrected chi connectivity index (χ0v) is 40.2. The molecule has 5 aromatic heterocycles. The number of pyridine rings is 1. The molecule has 0 bridgehead atoms. The molecule has 0 atom stereocenters. The minimum Gasteiger partial charge on any atom is -0.354 e. The summed E-state index contributed by atoms with van der Waals surface area (Å²) < 4.78 is 7.07. The van der Waals surface area contributed by atoms with E-state index in [1.165, 1.54) is 143 Å². The number of para-hydroxylation sites is 2. The Hall–Kier alpha value is -8.41. The summed E-state index contributed by atoms with van der Waals surface area (Å²) in [6.45, 7) is 10.7. The number of aromatic amines is 1. The number of benzene rings is 8. The predicted octanol–water partition coefficient (Wildman–Crippen LogP) is 16.7. The van der Waals surface area contributed by atoms with Gasteiger partial charge in [-0.2, -0.15) is 0 Å². The summed E-state index contributed by atoms with van der Waals surface area (Å²) in [6.07, 6.45) is 9.24. The van der Waals surface area contributed by atoms with Gasteiger partial charge in [0.25, 0.3) is 0 Å². The highest BCUT2D eigenvalue weighted by atomic mass is 15.1. The molecule has 0 amide bonds. The normalized spacial score (nSPS) is 12.7. The van der Waals surface area contributed by atoms with Gasteiger partial charge in [0.2, 0.25) is 0 Å². The lowest BCUT2D eigenvalue weighted by atomic mass is 9.74. The Bertz CT molecular complexity index is 4310. The van der Waals surface area contributed by atoms with Gasteiger partial charge in [0, 0.05) is 91.0 Å². The molecule has 0 spiro atoms. The standard InChI is InChI=1S/C59H41N5.C4H6.C2H6/c1-62-50-11-5-3-9-39(50)44-28-34(17-23-52(44)62)33-16-22-49-43(27-33)47-31-37-14-15-38-32-48-46-30-36(35-18-24-53-45(29-35)40-10-4-6-12-51(40)63(53)2)19-25-54(46)64(55-13-7-8-26-60-55)59(48)42-21-20-41(58(47)61-49)56(37)57(38)42;1-3-4-2;1-2/h3-13,16-19,22-32,61H,14-15,20-21H2,1-2H3;3-4H,1-2H2;1-2H3. The molecule has 0 radical (unpaired) electrons. The summed E-state index contributed by atoms with van der Waals surface area (Å²) in [6, 6.07) is 56.9. The maximum absolute atomic E-state index is 4.99. The molecule has 338 valence electrons. The first-order valence-corrected chi connectivity index (χ1v) is 24.8. The molecule has 0 unspecified atom stereocenters. The fraction of sp³-hybridized carbons (Fsp3) is 0.123. The maximum Gasteiger partial charge on any atom is 0.137 e. The van der Waals surface area contributed by atoms with E-state index < -0.39 is 0 Å². The lowest BCUT2D eigenvalue weighted by Gasteiger charge is -2.31. The third-order valence-corrected chi connectivity index (χ3v) is 15.4. The molecule has 0 fully saturated rings. The molecule has 5 heterocycles. The summed E-state index contributed by atoms with van der Waals surface area (Å²) in [5, 5.41) is 10.5. The van der Waals surface area contributed by atoms with Crippen LogP contribution in [0.2, 0.25) is 0 Å². The van der Waals surface area contributed by atoms with Gasteiger partial charge in [0.05, 0.1) is 16.6 Å². The Labute approximate surface area is 407 Å². The average Bonchev–Trinajstić information content (AvgIpc) is 4.14. The van der Waals surface area contributed by atoms with E-state index in [1.54, 1.807) is 12.2 Å². The van der Waals surface area contributed by atoms with Gasteiger partial charge in [-0.15, -0.1) is 0 Å². The fourth-order valence-corrected chi connectivity index (χ4v) is 12.3. The van der Waals surface area contributed by atoms with Gasteiger partial charge in [-0.3, -0.25) is 4.57 Å². The van der Waals surface area contributed by atoms with Crippen LogP contribution in [0.25, 0.3) is 126 Å². The molecule has 0 aliphatic heterocycles. The number of rotatable bonds is 4. The van der Waals surface area contributed by atoms with Crippen molar-refractivity contribution >= 4 is 87.2 Å². The molecule has 5 heteroatoms. The highest BCUT2D eigenvalue weighted by molar-refractivity contribution is 6.17. The van der Waals surface area contributed by atoms with Crippen molar-refractivity contribution in [3.05, 3.63) is 205 Å². The Kier molecular flexibility index (Phi) is 9.60. The molecule has 2 aliphatic carbocycles. The van der Waals surface area contributed by atoms with Crippen LogP contribution in [0.4, 0.5) is 0 Å². The minimum absolute atomic E-state index is 0.965. The van der Waals surface area contributed by atoms with Crippen molar-refractivity contribution in [2.24, 2.45) is 14.1 Å². The highest BCUT2D eigenvalue weighted by Gasteiger charge is 2.32. The summed E-state index contributed by atoms with van der Waals surface area (Å²) in [4.78, 5) is 8.96. The monoisotopic (exact) mass is 903 g/mol. The van der Waals surface area contributed by atoms with Gasteiger partial charge in [-0.1, -0.05) is 106 Å². The summed E-state index contributed by atoms with van der Waals surface area (Å²) in [5.41, 5.74) is 23.9. The van der Waals surface area contributed by atoms with Crippen molar-refractivity contribution in [3.63, 3.8) is 0 Å². The van der Waals surface area contributed by atoms with Crippen LogP contribution in [-0.2, 0) is 39.8 Å². The first-order valence-electron chi connectivity index (χ1n) is 24.8. The van der Waals surface area contributed by atoms with Gasteiger partial charge in [-0.05, 0) is 166 Å². The summed E-state index contributed by atoms with van der Waals surface area (Å²) in [7, 11) is 4.34. The fourth-order valence-electron chi connectivity index (χ4n) is 12.3. The number of aryl methyl sites for hydroxylation is 6. The molecule has 8 aromatic carbocycles. The number of H-pyrrole nitrogens is 1. The molecule has 0 saturated heterocycles. The van der Waals surface area contributed by atoms with Gasteiger partial charge in [0.1, 0.15) is 5.82 Å². The zero-order valence-electron chi connectivity index (χ0n) is 40.2. The van der Waals surface area contributed by atoms with Crippen LogP contribution in [0.3, 0.4) is 0 Å². The second kappa shape index (κ2) is 16.1. The van der Waals surface area contributed by atoms with Gasteiger partial charge in [0.15, 0.2) is 0 Å². The molecule has 0 saturated carbocycles. The SMILES string of the molecule is C=CC=C.CC.Cn1c2ccccc2c2cc(-c3ccc4[nH]c5c6c7c(cc5c4c3)CCc3cc4c5cc(-c8ccc9c(c8)c8ccccc8n9C)ccc5n(-c5ccccn5)c4c(c3-7)CC6)ccc21. The van der Waals surface area contributed by atoms with E-state index in [4.69, 9.17) is 4.98 Å². The van der Waals surface area contributed by atoms with Crippen molar-refractivity contribution in [2.75, 3.05) is 0 Å². The third-order valence-electron chi connectivity index (χ3n) is 15.4. The molecule has 13 aromatic rings. The van der Waals surface area contributed by atoms with E-state index in [0.29, 0.717) is 0 Å². The van der Waals surface area contributed by atoms with Gasteiger partial charge < -0.3 is 14.1 Å².